The van der Waals surface area contributed by atoms with Gasteiger partial charge < -0.3 is 10.2 Å². The molecule has 1 saturated carbocycles. The molecule has 1 N–H and O–H groups in total. The molecule has 1 aliphatic rings. The van der Waals surface area contributed by atoms with Crippen LogP contribution in [0.15, 0.2) is 78.9 Å². The Labute approximate surface area is 233 Å². The first-order valence-electron chi connectivity index (χ1n) is 12.7. The van der Waals surface area contributed by atoms with Gasteiger partial charge in [0, 0.05) is 34.8 Å². The number of carbonyl (C=O) groups is 2. The maximum absolute atomic E-state index is 13.7. The third-order valence-corrected chi connectivity index (χ3v) is 8.35. The molecule has 0 aromatic heterocycles. The van der Waals surface area contributed by atoms with Gasteiger partial charge in [-0.2, -0.15) is 0 Å². The molecule has 0 radical (unpaired) electrons. The minimum Gasteiger partial charge on any atom is -0.352 e. The van der Waals surface area contributed by atoms with Crippen molar-refractivity contribution in [1.82, 2.24) is 10.2 Å². The highest BCUT2D eigenvalue weighted by Gasteiger charge is 2.32. The molecule has 37 heavy (non-hydrogen) atoms. The summed E-state index contributed by atoms with van der Waals surface area (Å²) >= 11 is 14.1. The maximum atomic E-state index is 13.7. The number of hydrogen-bond acceptors (Lipinski definition) is 3. The molecule has 0 unspecified atom stereocenters. The second-order valence-electron chi connectivity index (χ2n) is 9.40. The number of nitrogens with one attached hydrogen (secondary N) is 1. The van der Waals surface area contributed by atoms with E-state index in [1.165, 1.54) is 11.8 Å². The van der Waals surface area contributed by atoms with Crippen LogP contribution in [-0.2, 0) is 28.3 Å². The van der Waals surface area contributed by atoms with E-state index >= 15 is 0 Å². The van der Waals surface area contributed by atoms with Crippen LogP contribution >= 0.6 is 35.0 Å². The summed E-state index contributed by atoms with van der Waals surface area (Å²) in [5.74, 6) is 0.566. The fourth-order valence-corrected chi connectivity index (χ4v) is 6.34. The molecule has 0 heterocycles. The van der Waals surface area contributed by atoms with E-state index in [2.05, 4.69) is 5.32 Å². The second-order valence-corrected chi connectivity index (χ2v) is 11.2. The molecule has 1 atom stereocenters. The van der Waals surface area contributed by atoms with Crippen molar-refractivity contribution in [2.45, 2.75) is 56.5 Å². The summed E-state index contributed by atoms with van der Waals surface area (Å²) in [5, 5.41) is 4.42. The number of amides is 2. The van der Waals surface area contributed by atoms with Gasteiger partial charge in [-0.05, 0) is 41.7 Å². The van der Waals surface area contributed by atoms with Crippen molar-refractivity contribution in [3.8, 4) is 0 Å². The first kappa shape index (κ1) is 27.6. The molecule has 3 aromatic carbocycles. The lowest BCUT2D eigenvalue weighted by Gasteiger charge is -2.32. The molecule has 1 aliphatic carbocycles. The first-order valence-corrected chi connectivity index (χ1v) is 14.6. The summed E-state index contributed by atoms with van der Waals surface area (Å²) in [4.78, 5) is 29.2. The molecule has 0 spiro atoms. The van der Waals surface area contributed by atoms with E-state index in [-0.39, 0.29) is 23.6 Å². The molecule has 0 bridgehead atoms. The lowest BCUT2D eigenvalue weighted by molar-refractivity contribution is -0.139. The van der Waals surface area contributed by atoms with Crippen molar-refractivity contribution in [2.75, 3.05) is 5.75 Å². The zero-order chi connectivity index (χ0) is 26.0. The molecule has 1 fully saturated rings. The fraction of sp³-hybridized carbons (Fsp3) is 0.333. The molecule has 0 saturated heterocycles. The van der Waals surface area contributed by atoms with Crippen LogP contribution in [0.3, 0.4) is 0 Å². The van der Waals surface area contributed by atoms with Gasteiger partial charge in [-0.3, -0.25) is 9.59 Å². The highest BCUT2D eigenvalue weighted by Crippen LogP contribution is 2.29. The van der Waals surface area contributed by atoms with Crippen molar-refractivity contribution in [2.24, 2.45) is 0 Å². The van der Waals surface area contributed by atoms with E-state index in [1.807, 2.05) is 66.7 Å². The topological polar surface area (TPSA) is 49.4 Å². The molecule has 0 aliphatic heterocycles. The Balaban J connectivity index is 1.56. The van der Waals surface area contributed by atoms with E-state index in [1.54, 1.807) is 17.0 Å². The summed E-state index contributed by atoms with van der Waals surface area (Å²) < 4.78 is 0. The van der Waals surface area contributed by atoms with Crippen molar-refractivity contribution in [3.63, 3.8) is 0 Å². The van der Waals surface area contributed by atoms with Gasteiger partial charge in [-0.25, -0.2) is 0 Å². The highest BCUT2D eigenvalue weighted by molar-refractivity contribution is 7.99. The van der Waals surface area contributed by atoms with Crippen LogP contribution in [0, 0.1) is 0 Å². The minimum atomic E-state index is -0.611. The van der Waals surface area contributed by atoms with Crippen LogP contribution in [0.2, 0.25) is 10.0 Å². The van der Waals surface area contributed by atoms with Gasteiger partial charge in [0.05, 0.1) is 5.75 Å². The number of halogens is 2. The molecule has 4 nitrogen and oxygen atoms in total. The number of carbonyl (C=O) groups excluding carboxylic acids is 2. The molecule has 7 heteroatoms. The smallest absolute Gasteiger partial charge is 0.243 e. The van der Waals surface area contributed by atoms with Crippen LogP contribution in [0.1, 0.15) is 42.4 Å². The average molecular weight is 556 g/mol. The quantitative estimate of drug-likeness (QED) is 0.279. The Morgan fingerprint density at radius 2 is 1.46 bits per heavy atom. The van der Waals surface area contributed by atoms with Crippen molar-refractivity contribution < 1.29 is 9.59 Å². The highest BCUT2D eigenvalue weighted by atomic mass is 35.5. The number of benzene rings is 3. The Hall–Kier alpha value is -2.47. The third-order valence-electron chi connectivity index (χ3n) is 6.70. The predicted octanol–water partition coefficient (Wildman–Crippen LogP) is 6.93. The molecule has 194 valence electrons. The summed E-state index contributed by atoms with van der Waals surface area (Å²) in [5.41, 5.74) is 2.83. The summed E-state index contributed by atoms with van der Waals surface area (Å²) in [6.45, 7) is 0.364. The summed E-state index contributed by atoms with van der Waals surface area (Å²) in [6, 6.07) is 24.7. The second kappa shape index (κ2) is 13.9. The van der Waals surface area contributed by atoms with Crippen molar-refractivity contribution >= 4 is 46.8 Å². The fourth-order valence-electron chi connectivity index (χ4n) is 4.70. The van der Waals surface area contributed by atoms with Crippen LogP contribution in [0.5, 0.6) is 0 Å². The van der Waals surface area contributed by atoms with E-state index in [0.717, 1.165) is 42.4 Å². The average Bonchev–Trinajstić information content (AvgIpc) is 3.42. The summed E-state index contributed by atoms with van der Waals surface area (Å²) in [7, 11) is 0. The maximum Gasteiger partial charge on any atom is 0.243 e. The molecule has 3 aromatic rings. The number of nitrogens with zero attached hydrogens (tertiary/aromatic N) is 1. The van der Waals surface area contributed by atoms with Gasteiger partial charge >= 0.3 is 0 Å². The van der Waals surface area contributed by atoms with Gasteiger partial charge in [0.25, 0.3) is 0 Å². The largest absolute Gasteiger partial charge is 0.352 e. The lowest BCUT2D eigenvalue weighted by Crippen LogP contribution is -2.52. The van der Waals surface area contributed by atoms with E-state index in [0.29, 0.717) is 28.8 Å². The lowest BCUT2D eigenvalue weighted by atomic mass is 10.0. The van der Waals surface area contributed by atoms with Crippen LogP contribution < -0.4 is 5.32 Å². The Bertz CT molecular complexity index is 1150. The van der Waals surface area contributed by atoms with Crippen LogP contribution in [0.4, 0.5) is 0 Å². The number of hydrogen-bond donors (Lipinski definition) is 1. The van der Waals surface area contributed by atoms with Gasteiger partial charge in [0.1, 0.15) is 6.04 Å². The zero-order valence-electron chi connectivity index (χ0n) is 20.7. The van der Waals surface area contributed by atoms with Crippen LogP contribution in [-0.4, -0.2) is 34.6 Å². The molecule has 4 rings (SSSR count). The SMILES string of the molecule is O=C(NC1CCCC1)[C@H](Cc1ccccc1)N(Cc1ccccc1)C(=O)CSCc1c(Cl)cccc1Cl. The first-order chi connectivity index (χ1) is 18.0. The summed E-state index contributed by atoms with van der Waals surface area (Å²) in [6.07, 6.45) is 4.69. The van der Waals surface area contributed by atoms with Gasteiger partial charge in [-0.1, -0.05) is 103 Å². The van der Waals surface area contributed by atoms with Gasteiger partial charge in [0.15, 0.2) is 0 Å². The standard InChI is InChI=1S/C30H32Cl2N2O2S/c31-26-16-9-17-27(32)25(26)20-37-21-29(35)34(19-23-12-5-2-6-13-23)28(18-22-10-3-1-4-11-22)30(36)33-24-14-7-8-15-24/h1-6,9-13,16-17,24,28H,7-8,14-15,18-21H2,(H,33,36)/t28-/m0/s1. The van der Waals surface area contributed by atoms with Gasteiger partial charge in [0.2, 0.25) is 11.8 Å². The third kappa shape index (κ3) is 8.00. The molecule has 2 amide bonds. The number of thioether (sulfide) groups is 1. The normalized spacial score (nSPS) is 14.3. The predicted molar refractivity (Wildman–Crippen MR) is 154 cm³/mol. The monoisotopic (exact) mass is 554 g/mol. The van der Waals surface area contributed by atoms with Crippen molar-refractivity contribution in [3.05, 3.63) is 106 Å². The Morgan fingerprint density at radius 3 is 2.08 bits per heavy atom. The van der Waals surface area contributed by atoms with Gasteiger partial charge in [-0.15, -0.1) is 11.8 Å². The molecular weight excluding hydrogens is 523 g/mol. The number of rotatable bonds is 11. The minimum absolute atomic E-state index is 0.0838. The van der Waals surface area contributed by atoms with Crippen molar-refractivity contribution in [1.29, 1.82) is 0 Å². The Kier molecular flexibility index (Phi) is 10.4. The Morgan fingerprint density at radius 1 is 0.865 bits per heavy atom. The zero-order valence-corrected chi connectivity index (χ0v) is 23.1. The van der Waals surface area contributed by atoms with E-state index in [9.17, 15) is 9.59 Å². The van der Waals surface area contributed by atoms with Crippen LogP contribution in [0.25, 0.3) is 0 Å². The van der Waals surface area contributed by atoms with E-state index < -0.39 is 6.04 Å². The molecular formula is C30H32Cl2N2O2S. The van der Waals surface area contributed by atoms with E-state index in [4.69, 9.17) is 23.2 Å².